The molecule has 0 rings (SSSR count). The van der Waals surface area contributed by atoms with Crippen LogP contribution in [0.2, 0.25) is 0 Å². The molecule has 0 fully saturated rings. The Labute approximate surface area is 118 Å². The van der Waals surface area contributed by atoms with Gasteiger partial charge in [-0.15, -0.1) is 0 Å². The fraction of sp³-hybridized carbons (Fsp3) is 1.00. The zero-order valence-corrected chi connectivity index (χ0v) is 12.4. The van der Waals surface area contributed by atoms with E-state index in [2.05, 4.69) is 14.2 Å². The van der Waals surface area contributed by atoms with E-state index in [9.17, 15) is 13.2 Å². The molecule has 126 valence electrons. The average Bonchev–Trinajstić information content (AvgIpc) is 2.49. The summed E-state index contributed by atoms with van der Waals surface area (Å²) in [4.78, 5) is 0. The third-order valence-electron chi connectivity index (χ3n) is 1.87. The molecule has 0 amide bonds. The maximum absolute atomic E-state index is 11.6. The fourth-order valence-corrected chi connectivity index (χ4v) is 0.645. The van der Waals surface area contributed by atoms with E-state index in [1.807, 2.05) is 0 Å². The maximum Gasteiger partial charge on any atom is 0.118 e. The van der Waals surface area contributed by atoms with E-state index in [1.165, 1.54) is 21.3 Å². The maximum atomic E-state index is 11.6. The number of methoxy groups -OCH3 is 3. The molecule has 0 bridgehead atoms. The van der Waals surface area contributed by atoms with Gasteiger partial charge in [0.15, 0.2) is 0 Å². The van der Waals surface area contributed by atoms with Crippen LogP contribution in [0.4, 0.5) is 13.2 Å². The first-order valence-corrected chi connectivity index (χ1v) is 6.01. The Kier molecular flexibility index (Phi) is 29.1. The first-order valence-electron chi connectivity index (χ1n) is 6.01. The molecule has 0 aliphatic rings. The number of rotatable bonds is 9. The third-order valence-corrected chi connectivity index (χ3v) is 1.87. The van der Waals surface area contributed by atoms with Crippen LogP contribution in [0, 0.1) is 5.92 Å². The predicted molar refractivity (Wildman–Crippen MR) is 70.1 cm³/mol. The van der Waals surface area contributed by atoms with E-state index in [4.69, 9.17) is 10.2 Å². The summed E-state index contributed by atoms with van der Waals surface area (Å²) >= 11 is 0. The quantitative estimate of drug-likeness (QED) is 0.659. The van der Waals surface area contributed by atoms with E-state index in [0.717, 1.165) is 0 Å². The third kappa shape index (κ3) is 22.7. The lowest BCUT2D eigenvalue weighted by molar-refractivity contribution is 0.0320. The van der Waals surface area contributed by atoms with Gasteiger partial charge in [-0.05, 0) is 0 Å². The standard InChI is InChI=1S/C5H11FO2.C4H9FO2.C3H7FO/c1-8-4-5(2-6)3-7;1-7-4(2-5)3-6;1-5-3-2-4/h5,7H,2-4H2,1H3;4,6H,2-3H2,1H3;2-3H2,1H3. The van der Waals surface area contributed by atoms with E-state index in [-0.39, 0.29) is 32.4 Å². The highest BCUT2D eigenvalue weighted by Gasteiger charge is 2.03. The van der Waals surface area contributed by atoms with Crippen molar-refractivity contribution in [3.63, 3.8) is 0 Å². The molecule has 0 radical (unpaired) electrons. The van der Waals surface area contributed by atoms with Gasteiger partial charge < -0.3 is 24.4 Å². The Bertz CT molecular complexity index is 140. The van der Waals surface area contributed by atoms with Gasteiger partial charge in [-0.1, -0.05) is 0 Å². The average molecular weight is 308 g/mol. The molecule has 2 N–H and O–H groups in total. The van der Waals surface area contributed by atoms with Crippen molar-refractivity contribution < 1.29 is 37.6 Å². The van der Waals surface area contributed by atoms with Crippen LogP contribution in [-0.4, -0.2) is 84.1 Å². The first kappa shape index (κ1) is 24.6. The van der Waals surface area contributed by atoms with Crippen LogP contribution in [0.1, 0.15) is 0 Å². The molecule has 2 atom stereocenters. The molecule has 0 heterocycles. The summed E-state index contributed by atoms with van der Waals surface area (Å²) in [6, 6.07) is 0. The second kappa shape index (κ2) is 23.7. The van der Waals surface area contributed by atoms with Crippen LogP contribution in [0.3, 0.4) is 0 Å². The van der Waals surface area contributed by atoms with Crippen molar-refractivity contribution in [1.82, 2.24) is 0 Å². The topological polar surface area (TPSA) is 68.2 Å². The number of ether oxygens (including phenoxy) is 3. The Morgan fingerprint density at radius 1 is 0.900 bits per heavy atom. The fourth-order valence-electron chi connectivity index (χ4n) is 0.645. The molecular weight excluding hydrogens is 281 g/mol. The molecule has 0 aromatic rings. The lowest BCUT2D eigenvalue weighted by atomic mass is 10.2. The first-order chi connectivity index (χ1) is 9.61. The van der Waals surface area contributed by atoms with Crippen molar-refractivity contribution in [3.05, 3.63) is 0 Å². The van der Waals surface area contributed by atoms with Crippen molar-refractivity contribution >= 4 is 0 Å². The molecule has 0 aromatic heterocycles. The van der Waals surface area contributed by atoms with E-state index in [1.54, 1.807) is 0 Å². The molecule has 5 nitrogen and oxygen atoms in total. The van der Waals surface area contributed by atoms with E-state index < -0.39 is 19.5 Å². The summed E-state index contributed by atoms with van der Waals surface area (Å²) < 4.78 is 47.2. The van der Waals surface area contributed by atoms with Gasteiger partial charge in [0.25, 0.3) is 0 Å². The Morgan fingerprint density at radius 3 is 1.55 bits per heavy atom. The second-order valence-electron chi connectivity index (χ2n) is 3.53. The normalized spacial score (nSPS) is 12.6. The number of alkyl halides is 3. The van der Waals surface area contributed by atoms with E-state index >= 15 is 0 Å². The summed E-state index contributed by atoms with van der Waals surface area (Å²) in [6.07, 6.45) is -0.625. The lowest BCUT2D eigenvalue weighted by Gasteiger charge is -2.05. The van der Waals surface area contributed by atoms with Gasteiger partial charge in [0, 0.05) is 27.2 Å². The summed E-state index contributed by atoms with van der Waals surface area (Å²) in [5, 5.41) is 16.5. The van der Waals surface area contributed by atoms with Gasteiger partial charge in [0.1, 0.15) is 19.5 Å². The molecule has 0 saturated carbocycles. The molecule has 8 heteroatoms. The number of hydrogen-bond donors (Lipinski definition) is 2. The van der Waals surface area contributed by atoms with Crippen LogP contribution in [0.25, 0.3) is 0 Å². The van der Waals surface area contributed by atoms with Crippen molar-refractivity contribution in [2.45, 2.75) is 6.10 Å². The summed E-state index contributed by atoms with van der Waals surface area (Å²) in [7, 11) is 4.32. The number of aliphatic hydroxyl groups excluding tert-OH is 2. The Morgan fingerprint density at radius 2 is 1.50 bits per heavy atom. The smallest absolute Gasteiger partial charge is 0.118 e. The molecule has 0 saturated heterocycles. The van der Waals surface area contributed by atoms with Crippen molar-refractivity contribution in [3.8, 4) is 0 Å². The summed E-state index contributed by atoms with van der Waals surface area (Å²) in [5.74, 6) is -0.333. The van der Waals surface area contributed by atoms with Crippen LogP contribution in [-0.2, 0) is 14.2 Å². The van der Waals surface area contributed by atoms with Crippen LogP contribution < -0.4 is 0 Å². The Hall–Kier alpha value is -0.410. The van der Waals surface area contributed by atoms with Gasteiger partial charge >= 0.3 is 0 Å². The molecule has 0 aliphatic heterocycles. The van der Waals surface area contributed by atoms with Crippen molar-refractivity contribution in [2.24, 2.45) is 5.92 Å². The zero-order valence-electron chi connectivity index (χ0n) is 12.4. The number of aliphatic hydroxyl groups is 2. The minimum atomic E-state index is -0.625. The molecule has 2 unspecified atom stereocenters. The molecular formula is C12H27F3O5. The second-order valence-corrected chi connectivity index (χ2v) is 3.53. The van der Waals surface area contributed by atoms with Crippen LogP contribution in [0.5, 0.6) is 0 Å². The van der Waals surface area contributed by atoms with Gasteiger partial charge in [0.2, 0.25) is 0 Å². The molecule has 0 aromatic carbocycles. The minimum Gasteiger partial charge on any atom is -0.396 e. The van der Waals surface area contributed by atoms with E-state index in [0.29, 0.717) is 6.61 Å². The van der Waals surface area contributed by atoms with Gasteiger partial charge in [0.05, 0.1) is 33.1 Å². The predicted octanol–water partition coefficient (Wildman–Crippen LogP) is 0.776. The number of halogens is 3. The van der Waals surface area contributed by atoms with Gasteiger partial charge in [-0.2, -0.15) is 0 Å². The Balaban J connectivity index is -0.000000223. The largest absolute Gasteiger partial charge is 0.396 e. The van der Waals surface area contributed by atoms with Crippen LogP contribution >= 0.6 is 0 Å². The molecule has 20 heavy (non-hydrogen) atoms. The highest BCUT2D eigenvalue weighted by molar-refractivity contribution is 4.51. The molecule has 0 spiro atoms. The monoisotopic (exact) mass is 308 g/mol. The number of hydrogen-bond acceptors (Lipinski definition) is 5. The van der Waals surface area contributed by atoms with Crippen molar-refractivity contribution in [2.75, 3.05) is 67.8 Å². The van der Waals surface area contributed by atoms with Crippen LogP contribution in [0.15, 0.2) is 0 Å². The zero-order chi connectivity index (χ0) is 16.2. The molecule has 0 aliphatic carbocycles. The summed E-state index contributed by atoms with van der Waals surface area (Å²) in [5.41, 5.74) is 0. The minimum absolute atomic E-state index is 0.135. The summed E-state index contributed by atoms with van der Waals surface area (Å²) in [6.45, 7) is -1.36. The SMILES string of the molecule is COC(CO)CF.COCC(CO)CF.COCCF. The van der Waals surface area contributed by atoms with Gasteiger partial charge in [-0.25, -0.2) is 8.78 Å². The van der Waals surface area contributed by atoms with Crippen molar-refractivity contribution in [1.29, 1.82) is 0 Å². The highest BCUT2D eigenvalue weighted by atomic mass is 19.1. The lowest BCUT2D eigenvalue weighted by Crippen LogP contribution is -2.17. The highest BCUT2D eigenvalue weighted by Crippen LogP contribution is 1.94. The van der Waals surface area contributed by atoms with Gasteiger partial charge in [-0.3, -0.25) is 4.39 Å².